The lowest BCUT2D eigenvalue weighted by atomic mass is 10.2. The number of nitrogens with zero attached hydrogens (tertiary/aromatic N) is 2. The molecule has 0 unspecified atom stereocenters. The normalized spacial score (nSPS) is 14.0. The quantitative estimate of drug-likeness (QED) is 0.615. The lowest BCUT2D eigenvalue weighted by Crippen LogP contribution is -2.41. The number of nitrogens with one attached hydrogen (secondary N) is 3. The van der Waals surface area contributed by atoms with Gasteiger partial charge in [0.25, 0.3) is 11.8 Å². The van der Waals surface area contributed by atoms with Crippen LogP contribution in [0.15, 0.2) is 29.6 Å². The van der Waals surface area contributed by atoms with E-state index < -0.39 is 23.5 Å². The summed E-state index contributed by atoms with van der Waals surface area (Å²) < 4.78 is 10.5. The van der Waals surface area contributed by atoms with Crippen LogP contribution >= 0.6 is 11.3 Å². The van der Waals surface area contributed by atoms with Gasteiger partial charge < -0.3 is 14.4 Å². The molecule has 1 fully saturated rings. The second-order valence-corrected chi connectivity index (χ2v) is 8.56. The topological polar surface area (TPSA) is 122 Å². The molecule has 0 bridgehead atoms. The first-order valence-corrected chi connectivity index (χ1v) is 10.6. The van der Waals surface area contributed by atoms with Gasteiger partial charge in [0, 0.05) is 29.7 Å². The van der Waals surface area contributed by atoms with Gasteiger partial charge in [0.15, 0.2) is 5.13 Å². The number of hydrogen-bond acceptors (Lipinski definition) is 8. The van der Waals surface area contributed by atoms with E-state index in [0.717, 1.165) is 18.2 Å². The van der Waals surface area contributed by atoms with E-state index >= 15 is 0 Å². The summed E-state index contributed by atoms with van der Waals surface area (Å²) >= 11 is 1.37. The zero-order chi connectivity index (χ0) is 22.4. The molecule has 0 radical (unpaired) electrons. The van der Waals surface area contributed by atoms with Gasteiger partial charge in [-0.3, -0.25) is 25.8 Å². The number of anilines is 2. The molecular weight excluding hydrogens is 422 g/mol. The number of carbonyl (C=O) groups is 3. The number of hydrogen-bond donors (Lipinski definition) is 3. The highest BCUT2D eigenvalue weighted by Crippen LogP contribution is 2.21. The van der Waals surface area contributed by atoms with Crippen molar-refractivity contribution in [3.05, 3.63) is 40.9 Å². The van der Waals surface area contributed by atoms with Gasteiger partial charge >= 0.3 is 6.09 Å². The van der Waals surface area contributed by atoms with Crippen LogP contribution in [0.1, 0.15) is 41.6 Å². The number of aromatic nitrogens is 1. The van der Waals surface area contributed by atoms with Crippen molar-refractivity contribution >= 4 is 40.1 Å². The van der Waals surface area contributed by atoms with Crippen molar-refractivity contribution in [3.63, 3.8) is 0 Å². The molecule has 1 aromatic carbocycles. The molecule has 1 aliphatic heterocycles. The number of ether oxygens (including phenoxy) is 2. The van der Waals surface area contributed by atoms with Crippen molar-refractivity contribution in [2.75, 3.05) is 36.5 Å². The van der Waals surface area contributed by atoms with Crippen LogP contribution in [-0.2, 0) is 9.47 Å². The van der Waals surface area contributed by atoms with Crippen LogP contribution in [-0.4, -0.2) is 54.8 Å². The molecule has 3 amide bonds. The third kappa shape index (κ3) is 6.66. The molecule has 1 saturated heterocycles. The molecule has 3 N–H and O–H groups in total. The molecule has 0 aliphatic carbocycles. The van der Waals surface area contributed by atoms with Gasteiger partial charge in [-0.05, 0) is 45.0 Å². The molecule has 10 nitrogen and oxygen atoms in total. The molecule has 166 valence electrons. The minimum Gasteiger partial charge on any atom is -0.444 e. The van der Waals surface area contributed by atoms with Crippen molar-refractivity contribution in [3.8, 4) is 0 Å². The molecule has 1 aromatic heterocycles. The Bertz CT molecular complexity index is 932. The maximum Gasteiger partial charge on any atom is 0.412 e. The molecule has 0 spiro atoms. The van der Waals surface area contributed by atoms with Gasteiger partial charge in [-0.1, -0.05) is 0 Å². The first-order chi connectivity index (χ1) is 14.7. The lowest BCUT2D eigenvalue weighted by Gasteiger charge is -2.25. The number of amides is 3. The van der Waals surface area contributed by atoms with E-state index in [1.165, 1.54) is 23.5 Å². The van der Waals surface area contributed by atoms with Crippen LogP contribution in [0.5, 0.6) is 0 Å². The molecule has 2 heterocycles. The fourth-order valence-corrected chi connectivity index (χ4v) is 3.50. The lowest BCUT2D eigenvalue weighted by molar-refractivity contribution is 0.0635. The Morgan fingerprint density at radius 2 is 1.71 bits per heavy atom. The average molecular weight is 448 g/mol. The maximum atomic E-state index is 12.3. The van der Waals surface area contributed by atoms with Gasteiger partial charge in [-0.2, -0.15) is 0 Å². The molecule has 2 aromatic rings. The van der Waals surface area contributed by atoms with E-state index in [1.807, 2.05) is 0 Å². The van der Waals surface area contributed by atoms with Crippen LogP contribution < -0.4 is 21.1 Å². The molecule has 0 saturated carbocycles. The summed E-state index contributed by atoms with van der Waals surface area (Å²) in [4.78, 5) is 42.7. The van der Waals surface area contributed by atoms with Crippen molar-refractivity contribution in [2.45, 2.75) is 26.4 Å². The number of benzene rings is 1. The Labute approximate surface area is 183 Å². The van der Waals surface area contributed by atoms with Crippen LogP contribution in [0.3, 0.4) is 0 Å². The van der Waals surface area contributed by atoms with Crippen molar-refractivity contribution in [1.82, 2.24) is 15.8 Å². The molecule has 31 heavy (non-hydrogen) atoms. The highest BCUT2D eigenvalue weighted by atomic mass is 32.1. The molecule has 0 atom stereocenters. The Morgan fingerprint density at radius 1 is 1.06 bits per heavy atom. The minimum absolute atomic E-state index is 0.226. The average Bonchev–Trinajstić information content (AvgIpc) is 3.22. The fraction of sp³-hybridized carbons (Fsp3) is 0.400. The minimum atomic E-state index is -0.609. The smallest absolute Gasteiger partial charge is 0.412 e. The van der Waals surface area contributed by atoms with Gasteiger partial charge in [-0.25, -0.2) is 9.78 Å². The summed E-state index contributed by atoms with van der Waals surface area (Å²) in [7, 11) is 0. The predicted octanol–water partition coefficient (Wildman–Crippen LogP) is 2.40. The van der Waals surface area contributed by atoms with E-state index in [4.69, 9.17) is 9.47 Å². The van der Waals surface area contributed by atoms with Gasteiger partial charge in [0.05, 0.1) is 13.2 Å². The van der Waals surface area contributed by atoms with Crippen LogP contribution in [0.2, 0.25) is 0 Å². The molecule has 11 heteroatoms. The first kappa shape index (κ1) is 22.5. The van der Waals surface area contributed by atoms with Crippen molar-refractivity contribution < 1.29 is 23.9 Å². The molecule has 3 rings (SSSR count). The number of thiazole rings is 1. The standard InChI is InChI=1S/C20H25N5O5S/c1-20(2,3)30-19(28)21-14-6-4-13(5-7-14)16(26)23-24-17(27)15-12-31-18(22-15)25-8-10-29-11-9-25/h4-7,12H,8-11H2,1-3H3,(H,21,28)(H,23,26)(H,24,27). The summed E-state index contributed by atoms with van der Waals surface area (Å²) in [5, 5.41) is 4.97. The van der Waals surface area contributed by atoms with Crippen molar-refractivity contribution in [1.29, 1.82) is 0 Å². The molecular formula is C20H25N5O5S. The monoisotopic (exact) mass is 447 g/mol. The van der Waals surface area contributed by atoms with E-state index in [-0.39, 0.29) is 5.69 Å². The molecule has 1 aliphatic rings. The Balaban J connectivity index is 1.49. The Kier molecular flexibility index (Phi) is 7.08. The third-order valence-corrected chi connectivity index (χ3v) is 4.99. The third-order valence-electron chi connectivity index (χ3n) is 4.09. The summed E-state index contributed by atoms with van der Waals surface area (Å²) in [6.07, 6.45) is -0.586. The van der Waals surface area contributed by atoms with Crippen LogP contribution in [0.4, 0.5) is 15.6 Å². The summed E-state index contributed by atoms with van der Waals surface area (Å²) in [6.45, 7) is 8.01. The number of hydrazine groups is 1. The summed E-state index contributed by atoms with van der Waals surface area (Å²) in [5.41, 5.74) is 5.12. The SMILES string of the molecule is CC(C)(C)OC(=O)Nc1ccc(C(=O)NNC(=O)c2csc(N3CCOCC3)n2)cc1. The summed E-state index contributed by atoms with van der Waals surface area (Å²) in [6, 6.07) is 6.17. The van der Waals surface area contributed by atoms with Crippen molar-refractivity contribution in [2.24, 2.45) is 0 Å². The maximum absolute atomic E-state index is 12.3. The van der Waals surface area contributed by atoms with Gasteiger partial charge in [0.1, 0.15) is 11.3 Å². The van der Waals surface area contributed by atoms with Gasteiger partial charge in [0.2, 0.25) is 0 Å². The van der Waals surface area contributed by atoms with E-state index in [0.29, 0.717) is 24.5 Å². The van der Waals surface area contributed by atoms with E-state index in [1.54, 1.807) is 38.3 Å². The zero-order valence-corrected chi connectivity index (χ0v) is 18.4. The zero-order valence-electron chi connectivity index (χ0n) is 17.6. The summed E-state index contributed by atoms with van der Waals surface area (Å²) in [5.74, 6) is -1.01. The van der Waals surface area contributed by atoms with E-state index in [9.17, 15) is 14.4 Å². The Hall–Kier alpha value is -3.18. The number of morpholine rings is 1. The number of carbonyl (C=O) groups excluding carboxylic acids is 3. The largest absolute Gasteiger partial charge is 0.444 e. The van der Waals surface area contributed by atoms with Crippen LogP contribution in [0.25, 0.3) is 0 Å². The Morgan fingerprint density at radius 3 is 2.35 bits per heavy atom. The van der Waals surface area contributed by atoms with Crippen LogP contribution in [0, 0.1) is 0 Å². The highest BCUT2D eigenvalue weighted by Gasteiger charge is 2.18. The number of rotatable bonds is 4. The fourth-order valence-electron chi connectivity index (χ4n) is 2.64. The second kappa shape index (κ2) is 9.75. The van der Waals surface area contributed by atoms with E-state index in [2.05, 4.69) is 26.1 Å². The first-order valence-electron chi connectivity index (χ1n) is 9.70. The highest BCUT2D eigenvalue weighted by molar-refractivity contribution is 7.13. The second-order valence-electron chi connectivity index (χ2n) is 7.73. The van der Waals surface area contributed by atoms with Gasteiger partial charge in [-0.15, -0.1) is 11.3 Å². The predicted molar refractivity (Wildman–Crippen MR) is 116 cm³/mol.